The van der Waals surface area contributed by atoms with E-state index in [2.05, 4.69) is 20.9 Å². The van der Waals surface area contributed by atoms with E-state index in [4.69, 9.17) is 5.73 Å². The molecule has 0 saturated heterocycles. The highest BCUT2D eigenvalue weighted by Gasteiger charge is 2.33. The minimum Gasteiger partial charge on any atom is -0.508 e. The van der Waals surface area contributed by atoms with E-state index >= 15 is 0 Å². The zero-order valence-electron chi connectivity index (χ0n) is 23.4. The number of carbonyl (C=O) groups excluding carboxylic acids is 3. The van der Waals surface area contributed by atoms with Gasteiger partial charge in [0.1, 0.15) is 23.9 Å². The van der Waals surface area contributed by atoms with Crippen LogP contribution in [0.15, 0.2) is 54.7 Å². The summed E-state index contributed by atoms with van der Waals surface area (Å²) in [6.45, 7) is 1.28. The number of phenols is 1. The van der Waals surface area contributed by atoms with Gasteiger partial charge in [0.25, 0.3) is 0 Å². The number of H-pyrrole nitrogens is 1. The Morgan fingerprint density at radius 3 is 2.24 bits per heavy atom. The molecule has 0 aliphatic rings. The number of benzene rings is 2. The third-order valence-electron chi connectivity index (χ3n) is 6.75. The molecule has 9 N–H and O–H groups in total. The number of fused-ring (bicyclic) bond motifs is 1. The Bertz CT molecular complexity index is 1380. The van der Waals surface area contributed by atoms with Crippen LogP contribution in [0.5, 0.6) is 5.75 Å². The Kier molecular flexibility index (Phi) is 11.8. The van der Waals surface area contributed by atoms with Gasteiger partial charge in [0.2, 0.25) is 17.7 Å². The molecule has 3 rings (SSSR count). The molecule has 3 aromatic rings. The van der Waals surface area contributed by atoms with E-state index in [-0.39, 0.29) is 25.0 Å². The molecule has 226 valence electrons. The normalized spacial score (nSPS) is 14.8. The van der Waals surface area contributed by atoms with Crippen molar-refractivity contribution in [2.24, 2.45) is 5.73 Å². The van der Waals surface area contributed by atoms with Gasteiger partial charge in [-0.3, -0.25) is 14.4 Å². The zero-order valence-corrected chi connectivity index (χ0v) is 24.2. The second-order valence-corrected chi connectivity index (χ2v) is 11.0. The van der Waals surface area contributed by atoms with E-state index in [0.29, 0.717) is 11.3 Å². The fourth-order valence-electron chi connectivity index (χ4n) is 4.40. The fourth-order valence-corrected chi connectivity index (χ4v) is 4.87. The summed E-state index contributed by atoms with van der Waals surface area (Å²) in [4.78, 5) is 54.3. The van der Waals surface area contributed by atoms with Crippen molar-refractivity contribution in [2.75, 3.05) is 12.0 Å². The van der Waals surface area contributed by atoms with Crippen molar-refractivity contribution < 1.29 is 34.5 Å². The number of aromatic hydroxyl groups is 1. The average molecular weight is 600 g/mol. The second kappa shape index (κ2) is 15.2. The molecular formula is C29H37N5O7S. The van der Waals surface area contributed by atoms with Crippen LogP contribution in [0.25, 0.3) is 10.9 Å². The average Bonchev–Trinajstić information content (AvgIpc) is 3.36. The molecule has 5 atom stereocenters. The number of nitrogens with two attached hydrogens (primary N) is 1. The fraction of sp³-hybridized carbons (Fsp3) is 0.379. The number of aromatic nitrogens is 1. The molecule has 0 saturated carbocycles. The van der Waals surface area contributed by atoms with Crippen LogP contribution < -0.4 is 21.7 Å². The minimum absolute atomic E-state index is 0.00795. The Morgan fingerprint density at radius 2 is 1.60 bits per heavy atom. The summed E-state index contributed by atoms with van der Waals surface area (Å²) in [5.41, 5.74) is 8.50. The maximum Gasteiger partial charge on any atom is 0.326 e. The standard InChI is InChI=1S/C29H37N5O7S/c1-16(35)25(28(39)33-24(29(40)41)13-17-7-9-19(36)10-8-17)34-27(38)23(11-12-42-2)32-26(37)21(30)14-18-15-31-22-6-4-3-5-20(18)22/h3-10,15-16,21,23-25,31,35-36H,11-14,30H2,1-2H3,(H,32,37)(H,33,39)(H,34,38)(H,40,41). The molecule has 0 fully saturated rings. The molecule has 0 spiro atoms. The van der Waals surface area contributed by atoms with Crippen LogP contribution >= 0.6 is 11.8 Å². The maximum absolute atomic E-state index is 13.2. The van der Waals surface area contributed by atoms with Crippen LogP contribution in [0.4, 0.5) is 0 Å². The Labute approximate surface area is 247 Å². The molecular weight excluding hydrogens is 562 g/mol. The van der Waals surface area contributed by atoms with Crippen molar-refractivity contribution in [3.8, 4) is 5.75 Å². The monoisotopic (exact) mass is 599 g/mol. The topological polar surface area (TPSA) is 207 Å². The van der Waals surface area contributed by atoms with Crippen LogP contribution in [0.3, 0.4) is 0 Å². The van der Waals surface area contributed by atoms with E-state index < -0.39 is 54.0 Å². The van der Waals surface area contributed by atoms with Crippen LogP contribution in [-0.4, -0.2) is 86.3 Å². The first kappa shape index (κ1) is 32.4. The summed E-state index contributed by atoms with van der Waals surface area (Å²) in [5, 5.41) is 37.8. The zero-order chi connectivity index (χ0) is 30.8. The first-order valence-electron chi connectivity index (χ1n) is 13.4. The highest BCUT2D eigenvalue weighted by atomic mass is 32.2. The number of rotatable bonds is 15. The number of hydrogen-bond acceptors (Lipinski definition) is 8. The smallest absolute Gasteiger partial charge is 0.326 e. The van der Waals surface area contributed by atoms with E-state index in [9.17, 15) is 34.5 Å². The lowest BCUT2D eigenvalue weighted by atomic mass is 10.0. The number of thioether (sulfide) groups is 1. The largest absolute Gasteiger partial charge is 0.508 e. The lowest BCUT2D eigenvalue weighted by Crippen LogP contribution is -2.60. The van der Waals surface area contributed by atoms with Gasteiger partial charge in [0.05, 0.1) is 12.1 Å². The highest BCUT2D eigenvalue weighted by Crippen LogP contribution is 2.19. The Hall–Kier alpha value is -4.07. The highest BCUT2D eigenvalue weighted by molar-refractivity contribution is 7.98. The van der Waals surface area contributed by atoms with Gasteiger partial charge in [0, 0.05) is 23.5 Å². The van der Waals surface area contributed by atoms with Gasteiger partial charge in [-0.05, 0) is 61.1 Å². The lowest BCUT2D eigenvalue weighted by Gasteiger charge is -2.26. The molecule has 3 amide bonds. The van der Waals surface area contributed by atoms with Gasteiger partial charge < -0.3 is 42.0 Å². The molecule has 0 radical (unpaired) electrons. The number of para-hydroxylation sites is 1. The molecule has 0 aliphatic heterocycles. The molecule has 13 heteroatoms. The summed E-state index contributed by atoms with van der Waals surface area (Å²) in [6, 6.07) is 8.56. The molecule has 1 heterocycles. The summed E-state index contributed by atoms with van der Waals surface area (Å²) >= 11 is 1.46. The van der Waals surface area contributed by atoms with Crippen molar-refractivity contribution in [3.63, 3.8) is 0 Å². The van der Waals surface area contributed by atoms with Crippen LogP contribution in [0, 0.1) is 0 Å². The lowest BCUT2D eigenvalue weighted by molar-refractivity contribution is -0.143. The third kappa shape index (κ3) is 8.96. The summed E-state index contributed by atoms with van der Waals surface area (Å²) in [7, 11) is 0. The predicted octanol–water partition coefficient (Wildman–Crippen LogP) is 0.659. The molecule has 1 aromatic heterocycles. The number of aliphatic hydroxyl groups is 1. The van der Waals surface area contributed by atoms with Crippen molar-refractivity contribution in [1.82, 2.24) is 20.9 Å². The van der Waals surface area contributed by atoms with Gasteiger partial charge in [-0.1, -0.05) is 30.3 Å². The third-order valence-corrected chi connectivity index (χ3v) is 7.39. The summed E-state index contributed by atoms with van der Waals surface area (Å²) in [6.07, 6.45) is 2.61. The van der Waals surface area contributed by atoms with Crippen molar-refractivity contribution in [1.29, 1.82) is 0 Å². The van der Waals surface area contributed by atoms with Crippen molar-refractivity contribution >= 4 is 46.4 Å². The minimum atomic E-state index is -1.49. The molecule has 0 bridgehead atoms. The number of aliphatic carboxylic acids is 1. The number of carboxylic acids is 1. The van der Waals surface area contributed by atoms with Crippen LogP contribution in [-0.2, 0) is 32.0 Å². The van der Waals surface area contributed by atoms with Gasteiger partial charge in [-0.25, -0.2) is 4.79 Å². The Morgan fingerprint density at radius 1 is 0.929 bits per heavy atom. The number of amides is 3. The molecule has 5 unspecified atom stereocenters. The van der Waals surface area contributed by atoms with E-state index in [0.717, 1.165) is 16.5 Å². The first-order valence-corrected chi connectivity index (χ1v) is 14.8. The SMILES string of the molecule is CSCCC(NC(=O)C(N)Cc1c[nH]c2ccccc12)C(=O)NC(C(=O)NC(Cc1ccc(O)cc1)C(=O)O)C(C)O. The van der Waals surface area contributed by atoms with Crippen LogP contribution in [0.1, 0.15) is 24.5 Å². The van der Waals surface area contributed by atoms with Gasteiger partial charge in [-0.2, -0.15) is 11.8 Å². The number of carbonyl (C=O) groups is 4. The van der Waals surface area contributed by atoms with E-state index in [1.807, 2.05) is 30.5 Å². The molecule has 0 aliphatic carbocycles. The quantitative estimate of drug-likeness (QED) is 0.123. The number of nitrogens with one attached hydrogen (secondary N) is 4. The van der Waals surface area contributed by atoms with Gasteiger partial charge in [0.15, 0.2) is 0 Å². The van der Waals surface area contributed by atoms with Gasteiger partial charge in [-0.15, -0.1) is 0 Å². The number of carboxylic acid groups (broad SMARTS) is 1. The number of phenolic OH excluding ortho intramolecular Hbond substituents is 1. The van der Waals surface area contributed by atoms with Crippen molar-refractivity contribution in [3.05, 3.63) is 65.9 Å². The maximum atomic E-state index is 13.2. The first-order chi connectivity index (χ1) is 20.0. The molecule has 12 nitrogen and oxygen atoms in total. The van der Waals surface area contributed by atoms with Crippen LogP contribution in [0.2, 0.25) is 0 Å². The predicted molar refractivity (Wildman–Crippen MR) is 160 cm³/mol. The van der Waals surface area contributed by atoms with E-state index in [1.54, 1.807) is 6.20 Å². The molecule has 42 heavy (non-hydrogen) atoms. The molecule has 2 aromatic carbocycles. The number of aliphatic hydroxyl groups excluding tert-OH is 1. The van der Waals surface area contributed by atoms with E-state index in [1.165, 1.54) is 43.0 Å². The number of hydrogen-bond donors (Lipinski definition) is 8. The second-order valence-electron chi connectivity index (χ2n) is 10.0. The van der Waals surface area contributed by atoms with Gasteiger partial charge >= 0.3 is 5.97 Å². The summed E-state index contributed by atoms with van der Waals surface area (Å²) < 4.78 is 0. The number of aromatic amines is 1. The summed E-state index contributed by atoms with van der Waals surface area (Å²) in [5.74, 6) is -2.98. The van der Waals surface area contributed by atoms with Crippen molar-refractivity contribution in [2.45, 2.75) is 56.5 Å². The Balaban J connectivity index is 1.67.